The average molecular weight is 356 g/mol. The zero-order valence-electron chi connectivity index (χ0n) is 11.4. The van der Waals surface area contributed by atoms with Gasteiger partial charge in [-0.25, -0.2) is 9.59 Å². The fraction of sp³-hybridized carbons (Fsp3) is 0.429. The van der Waals surface area contributed by atoms with E-state index in [9.17, 15) is 9.59 Å². The molecule has 0 spiro atoms. The molecule has 0 heterocycles. The van der Waals surface area contributed by atoms with Gasteiger partial charge in [0.15, 0.2) is 0 Å². The molecule has 0 aliphatic heterocycles. The van der Waals surface area contributed by atoms with Crippen molar-refractivity contribution in [2.45, 2.75) is 37.8 Å². The number of amides is 2. The molecule has 5 N–H and O–H groups in total. The molecule has 1 aliphatic rings. The van der Waals surface area contributed by atoms with Gasteiger partial charge in [0, 0.05) is 16.6 Å². The van der Waals surface area contributed by atoms with Crippen molar-refractivity contribution in [1.82, 2.24) is 5.32 Å². The Balaban J connectivity index is 1.97. The van der Waals surface area contributed by atoms with Crippen LogP contribution in [0.3, 0.4) is 0 Å². The SMILES string of the molecule is NC1CCCCC1NC(=O)Nc1ccc(C(=O)O)cc1Br. The lowest BCUT2D eigenvalue weighted by molar-refractivity contribution is 0.0697. The molecule has 114 valence electrons. The number of benzene rings is 1. The van der Waals surface area contributed by atoms with Crippen molar-refractivity contribution in [3.8, 4) is 0 Å². The van der Waals surface area contributed by atoms with Gasteiger partial charge in [0.25, 0.3) is 0 Å². The van der Waals surface area contributed by atoms with Crippen LogP contribution in [0.15, 0.2) is 22.7 Å². The summed E-state index contributed by atoms with van der Waals surface area (Å²) in [6.07, 6.45) is 3.97. The van der Waals surface area contributed by atoms with E-state index < -0.39 is 5.97 Å². The summed E-state index contributed by atoms with van der Waals surface area (Å²) in [6.45, 7) is 0. The monoisotopic (exact) mass is 355 g/mol. The molecule has 2 amide bonds. The molecular formula is C14H18BrN3O3. The number of halogens is 1. The minimum Gasteiger partial charge on any atom is -0.478 e. The summed E-state index contributed by atoms with van der Waals surface area (Å²) in [7, 11) is 0. The number of aromatic carboxylic acids is 1. The first-order valence-electron chi connectivity index (χ1n) is 6.83. The van der Waals surface area contributed by atoms with Crippen molar-refractivity contribution in [2.24, 2.45) is 5.73 Å². The van der Waals surface area contributed by atoms with E-state index in [1.807, 2.05) is 0 Å². The Labute approximate surface area is 131 Å². The Morgan fingerprint density at radius 2 is 2.00 bits per heavy atom. The van der Waals surface area contributed by atoms with Crippen LogP contribution in [-0.4, -0.2) is 29.2 Å². The third-order valence-corrected chi connectivity index (χ3v) is 4.26. The highest BCUT2D eigenvalue weighted by molar-refractivity contribution is 9.10. The van der Waals surface area contributed by atoms with Gasteiger partial charge >= 0.3 is 12.0 Å². The smallest absolute Gasteiger partial charge is 0.335 e. The van der Waals surface area contributed by atoms with Crippen LogP contribution in [0.4, 0.5) is 10.5 Å². The molecule has 1 aliphatic carbocycles. The van der Waals surface area contributed by atoms with Crippen LogP contribution in [0.1, 0.15) is 36.0 Å². The summed E-state index contributed by atoms with van der Waals surface area (Å²) in [5, 5.41) is 14.5. The summed E-state index contributed by atoms with van der Waals surface area (Å²) >= 11 is 3.25. The van der Waals surface area contributed by atoms with Gasteiger partial charge in [-0.2, -0.15) is 0 Å². The van der Waals surface area contributed by atoms with E-state index in [2.05, 4.69) is 26.6 Å². The van der Waals surface area contributed by atoms with Crippen molar-refractivity contribution in [2.75, 3.05) is 5.32 Å². The van der Waals surface area contributed by atoms with E-state index in [-0.39, 0.29) is 23.7 Å². The maximum atomic E-state index is 12.0. The second kappa shape index (κ2) is 6.91. The molecule has 2 unspecified atom stereocenters. The maximum absolute atomic E-state index is 12.0. The zero-order valence-corrected chi connectivity index (χ0v) is 13.0. The number of nitrogens with one attached hydrogen (secondary N) is 2. The van der Waals surface area contributed by atoms with Crippen LogP contribution in [0.2, 0.25) is 0 Å². The minimum atomic E-state index is -1.01. The number of urea groups is 1. The quantitative estimate of drug-likeness (QED) is 0.668. The molecule has 1 aromatic rings. The van der Waals surface area contributed by atoms with Crippen molar-refractivity contribution < 1.29 is 14.7 Å². The number of carbonyl (C=O) groups excluding carboxylic acids is 1. The van der Waals surface area contributed by atoms with Gasteiger partial charge in [0.05, 0.1) is 11.3 Å². The number of rotatable bonds is 3. The molecular weight excluding hydrogens is 338 g/mol. The highest BCUT2D eigenvalue weighted by Gasteiger charge is 2.23. The van der Waals surface area contributed by atoms with Gasteiger partial charge in [-0.05, 0) is 47.0 Å². The lowest BCUT2D eigenvalue weighted by Gasteiger charge is -2.29. The van der Waals surface area contributed by atoms with Crippen molar-refractivity contribution in [3.05, 3.63) is 28.2 Å². The molecule has 1 aromatic carbocycles. The predicted molar refractivity (Wildman–Crippen MR) is 83.5 cm³/mol. The number of nitrogens with two attached hydrogens (primary N) is 1. The molecule has 0 saturated heterocycles. The molecule has 7 heteroatoms. The Morgan fingerprint density at radius 3 is 2.62 bits per heavy atom. The third-order valence-electron chi connectivity index (χ3n) is 3.60. The molecule has 1 fully saturated rings. The Morgan fingerprint density at radius 1 is 1.29 bits per heavy atom. The van der Waals surface area contributed by atoms with Gasteiger partial charge in [-0.15, -0.1) is 0 Å². The van der Waals surface area contributed by atoms with Crippen LogP contribution in [0, 0.1) is 0 Å². The van der Waals surface area contributed by atoms with Crippen LogP contribution in [-0.2, 0) is 0 Å². The fourth-order valence-corrected chi connectivity index (χ4v) is 2.89. The lowest BCUT2D eigenvalue weighted by atomic mass is 9.91. The van der Waals surface area contributed by atoms with Gasteiger partial charge in [-0.1, -0.05) is 12.8 Å². The number of hydrogen-bond acceptors (Lipinski definition) is 3. The Hall–Kier alpha value is -1.60. The largest absolute Gasteiger partial charge is 0.478 e. The van der Waals surface area contributed by atoms with E-state index >= 15 is 0 Å². The molecule has 2 rings (SSSR count). The van der Waals surface area contributed by atoms with E-state index in [0.29, 0.717) is 10.2 Å². The summed E-state index contributed by atoms with van der Waals surface area (Å²) in [4.78, 5) is 22.8. The molecule has 0 aromatic heterocycles. The maximum Gasteiger partial charge on any atom is 0.335 e. The van der Waals surface area contributed by atoms with Gasteiger partial charge in [0.1, 0.15) is 0 Å². The van der Waals surface area contributed by atoms with Gasteiger partial charge in [0.2, 0.25) is 0 Å². The number of carboxylic acids is 1. The standard InChI is InChI=1S/C14H18BrN3O3/c15-9-7-8(13(19)20)5-6-11(9)17-14(21)18-12-4-2-1-3-10(12)16/h5-7,10,12H,1-4,16H2,(H,19,20)(H2,17,18,21). The number of anilines is 1. The van der Waals surface area contributed by atoms with Crippen LogP contribution in [0.25, 0.3) is 0 Å². The topological polar surface area (TPSA) is 104 Å². The first-order valence-corrected chi connectivity index (χ1v) is 7.62. The van der Waals surface area contributed by atoms with Crippen molar-refractivity contribution >= 4 is 33.6 Å². The van der Waals surface area contributed by atoms with Gasteiger partial charge in [-0.3, -0.25) is 0 Å². The normalized spacial score (nSPS) is 21.6. The average Bonchev–Trinajstić information content (AvgIpc) is 2.43. The number of carbonyl (C=O) groups is 2. The first kappa shape index (κ1) is 15.8. The van der Waals surface area contributed by atoms with E-state index in [4.69, 9.17) is 10.8 Å². The molecule has 1 saturated carbocycles. The second-order valence-electron chi connectivity index (χ2n) is 5.15. The van der Waals surface area contributed by atoms with Crippen molar-refractivity contribution in [1.29, 1.82) is 0 Å². The highest BCUT2D eigenvalue weighted by Crippen LogP contribution is 2.24. The summed E-state index contributed by atoms with van der Waals surface area (Å²) in [5.41, 5.74) is 6.66. The van der Waals surface area contributed by atoms with E-state index in [1.54, 1.807) is 6.07 Å². The fourth-order valence-electron chi connectivity index (χ4n) is 2.42. The summed E-state index contributed by atoms with van der Waals surface area (Å²) < 4.78 is 0.519. The third kappa shape index (κ3) is 4.18. The minimum absolute atomic E-state index is 0.0117. The van der Waals surface area contributed by atoms with E-state index in [1.165, 1.54) is 12.1 Å². The van der Waals surface area contributed by atoms with Crippen LogP contribution < -0.4 is 16.4 Å². The number of carboxylic acid groups (broad SMARTS) is 1. The molecule has 21 heavy (non-hydrogen) atoms. The van der Waals surface area contributed by atoms with E-state index in [0.717, 1.165) is 25.7 Å². The summed E-state index contributed by atoms with van der Waals surface area (Å²) in [5.74, 6) is -1.01. The number of hydrogen-bond donors (Lipinski definition) is 4. The first-order chi connectivity index (χ1) is 9.97. The molecule has 2 atom stereocenters. The molecule has 0 bridgehead atoms. The summed E-state index contributed by atoms with van der Waals surface area (Å²) in [6, 6.07) is 4.08. The zero-order chi connectivity index (χ0) is 15.4. The molecule has 0 radical (unpaired) electrons. The van der Waals surface area contributed by atoms with Crippen molar-refractivity contribution in [3.63, 3.8) is 0 Å². The second-order valence-corrected chi connectivity index (χ2v) is 6.01. The molecule has 6 nitrogen and oxygen atoms in total. The lowest BCUT2D eigenvalue weighted by Crippen LogP contribution is -2.50. The Kier molecular flexibility index (Phi) is 5.19. The highest BCUT2D eigenvalue weighted by atomic mass is 79.9. The van der Waals surface area contributed by atoms with Gasteiger partial charge < -0.3 is 21.5 Å². The Bertz CT molecular complexity index is 550. The van der Waals surface area contributed by atoms with Crippen LogP contribution in [0.5, 0.6) is 0 Å². The predicted octanol–water partition coefficient (Wildman–Crippen LogP) is 2.54. The van der Waals surface area contributed by atoms with Crippen LogP contribution >= 0.6 is 15.9 Å².